The first kappa shape index (κ1) is 13.8. The standard InChI is InChI=1S/C19H20N2/c1-14(20)12-15-6-8-16(9-7-15)13-17-10-11-21-19-5-3-2-4-18(17)19/h2-11,14H,12-13,20H2,1H3. The molecule has 1 aromatic heterocycles. The molecule has 0 bridgehead atoms. The average Bonchev–Trinajstić information content (AvgIpc) is 2.49. The molecule has 21 heavy (non-hydrogen) atoms. The summed E-state index contributed by atoms with van der Waals surface area (Å²) >= 11 is 0. The first-order valence-corrected chi connectivity index (χ1v) is 7.38. The van der Waals surface area contributed by atoms with Crippen molar-refractivity contribution < 1.29 is 0 Å². The van der Waals surface area contributed by atoms with Crippen LogP contribution in [0.5, 0.6) is 0 Å². The molecule has 3 rings (SSSR count). The maximum Gasteiger partial charge on any atom is 0.0704 e. The summed E-state index contributed by atoms with van der Waals surface area (Å²) in [6, 6.07) is 19.4. The molecule has 2 nitrogen and oxygen atoms in total. The van der Waals surface area contributed by atoms with E-state index >= 15 is 0 Å². The minimum Gasteiger partial charge on any atom is -0.328 e. The molecule has 0 aliphatic carbocycles. The molecule has 0 saturated heterocycles. The lowest BCUT2D eigenvalue weighted by Crippen LogP contribution is -2.17. The van der Waals surface area contributed by atoms with Crippen molar-refractivity contribution in [2.45, 2.75) is 25.8 Å². The van der Waals surface area contributed by atoms with Crippen LogP contribution in [-0.2, 0) is 12.8 Å². The molecular weight excluding hydrogens is 256 g/mol. The molecule has 2 aromatic carbocycles. The summed E-state index contributed by atoms with van der Waals surface area (Å²) in [5.41, 5.74) is 10.8. The number of hydrogen-bond donors (Lipinski definition) is 1. The molecule has 1 unspecified atom stereocenters. The van der Waals surface area contributed by atoms with E-state index < -0.39 is 0 Å². The van der Waals surface area contributed by atoms with Crippen LogP contribution in [0.3, 0.4) is 0 Å². The van der Waals surface area contributed by atoms with Crippen molar-refractivity contribution in [3.8, 4) is 0 Å². The number of hydrogen-bond acceptors (Lipinski definition) is 2. The lowest BCUT2D eigenvalue weighted by atomic mass is 9.99. The van der Waals surface area contributed by atoms with Gasteiger partial charge in [-0.05, 0) is 48.6 Å². The molecule has 0 aliphatic heterocycles. The van der Waals surface area contributed by atoms with E-state index in [2.05, 4.69) is 53.5 Å². The summed E-state index contributed by atoms with van der Waals surface area (Å²) in [6.45, 7) is 2.04. The van der Waals surface area contributed by atoms with Crippen LogP contribution in [0, 0.1) is 0 Å². The van der Waals surface area contributed by atoms with Gasteiger partial charge in [-0.2, -0.15) is 0 Å². The van der Waals surface area contributed by atoms with Gasteiger partial charge < -0.3 is 5.73 Å². The quantitative estimate of drug-likeness (QED) is 0.789. The predicted molar refractivity (Wildman–Crippen MR) is 88.3 cm³/mol. The molecule has 1 heterocycles. The third-order valence-corrected chi connectivity index (χ3v) is 3.71. The van der Waals surface area contributed by atoms with Crippen molar-refractivity contribution in [3.63, 3.8) is 0 Å². The van der Waals surface area contributed by atoms with Crippen molar-refractivity contribution in [3.05, 3.63) is 77.5 Å². The Morgan fingerprint density at radius 2 is 1.67 bits per heavy atom. The minimum atomic E-state index is 0.208. The van der Waals surface area contributed by atoms with Crippen LogP contribution in [-0.4, -0.2) is 11.0 Å². The average molecular weight is 276 g/mol. The number of pyridine rings is 1. The van der Waals surface area contributed by atoms with Crippen LogP contribution < -0.4 is 5.73 Å². The molecule has 2 N–H and O–H groups in total. The highest BCUT2D eigenvalue weighted by Crippen LogP contribution is 2.19. The molecule has 3 aromatic rings. The summed E-state index contributed by atoms with van der Waals surface area (Å²) in [6.07, 6.45) is 3.75. The Morgan fingerprint density at radius 1 is 0.952 bits per heavy atom. The fourth-order valence-corrected chi connectivity index (χ4v) is 2.69. The van der Waals surface area contributed by atoms with Crippen molar-refractivity contribution in [2.75, 3.05) is 0 Å². The van der Waals surface area contributed by atoms with Crippen molar-refractivity contribution in [1.82, 2.24) is 4.98 Å². The highest BCUT2D eigenvalue weighted by Gasteiger charge is 2.03. The lowest BCUT2D eigenvalue weighted by Gasteiger charge is -2.08. The number of benzene rings is 2. The van der Waals surface area contributed by atoms with Gasteiger partial charge in [-0.1, -0.05) is 42.5 Å². The minimum absolute atomic E-state index is 0.208. The zero-order valence-electron chi connectivity index (χ0n) is 12.3. The number of rotatable bonds is 4. The number of fused-ring (bicyclic) bond motifs is 1. The van der Waals surface area contributed by atoms with Gasteiger partial charge in [0.05, 0.1) is 5.52 Å². The van der Waals surface area contributed by atoms with Crippen molar-refractivity contribution in [1.29, 1.82) is 0 Å². The van der Waals surface area contributed by atoms with Gasteiger partial charge in [-0.15, -0.1) is 0 Å². The van der Waals surface area contributed by atoms with E-state index in [1.54, 1.807) is 0 Å². The largest absolute Gasteiger partial charge is 0.328 e. The SMILES string of the molecule is CC(N)Cc1ccc(Cc2ccnc3ccccc23)cc1. The number of nitrogens with two attached hydrogens (primary N) is 1. The second kappa shape index (κ2) is 6.06. The highest BCUT2D eigenvalue weighted by molar-refractivity contribution is 5.82. The number of para-hydroxylation sites is 1. The Bertz CT molecular complexity index is 725. The topological polar surface area (TPSA) is 38.9 Å². The third kappa shape index (κ3) is 3.29. The summed E-state index contributed by atoms with van der Waals surface area (Å²) in [7, 11) is 0. The van der Waals surface area contributed by atoms with Gasteiger partial charge in [0, 0.05) is 17.6 Å². The second-order valence-electron chi connectivity index (χ2n) is 5.66. The van der Waals surface area contributed by atoms with E-state index in [1.165, 1.54) is 22.1 Å². The Labute approximate surface area is 125 Å². The highest BCUT2D eigenvalue weighted by atomic mass is 14.6. The zero-order chi connectivity index (χ0) is 14.7. The molecule has 0 aliphatic rings. The molecule has 0 saturated carbocycles. The molecule has 0 radical (unpaired) electrons. The number of nitrogens with zero attached hydrogens (tertiary/aromatic N) is 1. The zero-order valence-corrected chi connectivity index (χ0v) is 12.3. The van der Waals surface area contributed by atoms with Crippen LogP contribution >= 0.6 is 0 Å². The van der Waals surface area contributed by atoms with E-state index in [-0.39, 0.29) is 6.04 Å². The van der Waals surface area contributed by atoms with Gasteiger partial charge in [-0.25, -0.2) is 0 Å². The van der Waals surface area contributed by atoms with Gasteiger partial charge in [0.2, 0.25) is 0 Å². The molecule has 2 heteroatoms. The molecule has 106 valence electrons. The molecule has 0 spiro atoms. The summed E-state index contributed by atoms with van der Waals surface area (Å²) in [5.74, 6) is 0. The van der Waals surface area contributed by atoms with Crippen LogP contribution in [0.1, 0.15) is 23.6 Å². The number of aromatic nitrogens is 1. The van der Waals surface area contributed by atoms with Crippen molar-refractivity contribution >= 4 is 10.9 Å². The van der Waals surface area contributed by atoms with Gasteiger partial charge in [0.25, 0.3) is 0 Å². The fraction of sp³-hybridized carbons (Fsp3) is 0.211. The van der Waals surface area contributed by atoms with Gasteiger partial charge in [0.1, 0.15) is 0 Å². The maximum absolute atomic E-state index is 5.84. The predicted octanol–water partition coefficient (Wildman–Crippen LogP) is 3.72. The first-order valence-electron chi connectivity index (χ1n) is 7.38. The molecule has 0 amide bonds. The molecule has 1 atom stereocenters. The monoisotopic (exact) mass is 276 g/mol. The second-order valence-corrected chi connectivity index (χ2v) is 5.66. The Morgan fingerprint density at radius 3 is 2.43 bits per heavy atom. The van der Waals surface area contributed by atoms with Gasteiger partial charge in [-0.3, -0.25) is 4.98 Å². The van der Waals surface area contributed by atoms with Crippen LogP contribution in [0.4, 0.5) is 0 Å². The molecular formula is C19H20N2. The van der Waals surface area contributed by atoms with E-state index in [1.807, 2.05) is 19.2 Å². The summed E-state index contributed by atoms with van der Waals surface area (Å²) < 4.78 is 0. The van der Waals surface area contributed by atoms with Crippen LogP contribution in [0.25, 0.3) is 10.9 Å². The maximum atomic E-state index is 5.84. The van der Waals surface area contributed by atoms with Gasteiger partial charge >= 0.3 is 0 Å². The van der Waals surface area contributed by atoms with E-state index in [4.69, 9.17) is 5.73 Å². The van der Waals surface area contributed by atoms with Gasteiger partial charge in [0.15, 0.2) is 0 Å². The Balaban J connectivity index is 1.85. The smallest absolute Gasteiger partial charge is 0.0704 e. The Kier molecular flexibility index (Phi) is 3.98. The molecule has 0 fully saturated rings. The first-order chi connectivity index (χ1) is 10.2. The summed E-state index contributed by atoms with van der Waals surface area (Å²) in [4.78, 5) is 4.42. The lowest BCUT2D eigenvalue weighted by molar-refractivity contribution is 0.738. The van der Waals surface area contributed by atoms with Crippen LogP contribution in [0.15, 0.2) is 60.8 Å². The normalized spacial score (nSPS) is 12.5. The third-order valence-electron chi connectivity index (χ3n) is 3.71. The fourth-order valence-electron chi connectivity index (χ4n) is 2.69. The van der Waals surface area contributed by atoms with E-state index in [0.717, 1.165) is 18.4 Å². The van der Waals surface area contributed by atoms with E-state index in [9.17, 15) is 0 Å². The Hall–Kier alpha value is -2.19. The van der Waals surface area contributed by atoms with Crippen molar-refractivity contribution in [2.24, 2.45) is 5.73 Å². The van der Waals surface area contributed by atoms with E-state index in [0.29, 0.717) is 0 Å². The summed E-state index contributed by atoms with van der Waals surface area (Å²) in [5, 5.41) is 1.24. The van der Waals surface area contributed by atoms with Crippen LogP contribution in [0.2, 0.25) is 0 Å².